The van der Waals surface area contributed by atoms with E-state index in [2.05, 4.69) is 24.3 Å². The summed E-state index contributed by atoms with van der Waals surface area (Å²) in [6.07, 6.45) is 5.59. The van der Waals surface area contributed by atoms with E-state index in [1.54, 1.807) is 0 Å². The maximum atomic E-state index is 9.32. The fourth-order valence-electron chi connectivity index (χ4n) is 3.71. The highest BCUT2D eigenvalue weighted by molar-refractivity contribution is 5.14. The Hall–Kier alpha value is -1.72. The van der Waals surface area contributed by atoms with E-state index in [1.165, 1.54) is 11.1 Å². The first-order chi connectivity index (χ1) is 13.7. The lowest BCUT2D eigenvalue weighted by Crippen LogP contribution is -2.09. The minimum atomic E-state index is -0.143. The van der Waals surface area contributed by atoms with Gasteiger partial charge in [0.1, 0.15) is 0 Å². The van der Waals surface area contributed by atoms with E-state index >= 15 is 0 Å². The molecule has 2 aliphatic carbocycles. The number of benzene rings is 2. The van der Waals surface area contributed by atoms with Gasteiger partial charge in [-0.3, -0.25) is 0 Å². The van der Waals surface area contributed by atoms with Crippen LogP contribution < -0.4 is 0 Å². The van der Waals surface area contributed by atoms with Gasteiger partial charge in [0.05, 0.1) is 37.6 Å². The Morgan fingerprint density at radius 3 is 1.32 bits per heavy atom. The summed E-state index contributed by atoms with van der Waals surface area (Å²) in [6.45, 7) is 1.33. The van der Waals surface area contributed by atoms with Crippen molar-refractivity contribution in [1.29, 1.82) is 0 Å². The summed E-state index contributed by atoms with van der Waals surface area (Å²) in [7, 11) is 0. The van der Waals surface area contributed by atoms with E-state index in [4.69, 9.17) is 9.47 Å². The average Bonchev–Trinajstić information content (AvgIpc) is 3.35. The summed E-state index contributed by atoms with van der Waals surface area (Å²) in [5.41, 5.74) is 2.41. The Balaban J connectivity index is 0.000000161. The second kappa shape index (κ2) is 11.3. The van der Waals surface area contributed by atoms with Crippen molar-refractivity contribution in [2.75, 3.05) is 0 Å². The van der Waals surface area contributed by atoms with Gasteiger partial charge in [-0.25, -0.2) is 0 Å². The summed E-state index contributed by atoms with van der Waals surface area (Å²) >= 11 is 0. The SMILES string of the molecule is O[C@@H]1CC[C@@H](OCc2ccccc2)C1.O[C@H]1CC[C@H](OCc2ccccc2)C1. The highest BCUT2D eigenvalue weighted by Gasteiger charge is 2.23. The third-order valence-corrected chi connectivity index (χ3v) is 5.37. The van der Waals surface area contributed by atoms with Crippen LogP contribution >= 0.6 is 0 Å². The summed E-state index contributed by atoms with van der Waals surface area (Å²) in [6, 6.07) is 20.3. The monoisotopic (exact) mass is 384 g/mol. The van der Waals surface area contributed by atoms with Gasteiger partial charge in [0.2, 0.25) is 0 Å². The number of aliphatic hydroxyl groups excluding tert-OH is 2. The van der Waals surface area contributed by atoms with Crippen LogP contribution in [0.15, 0.2) is 60.7 Å². The molecule has 0 spiro atoms. The summed E-state index contributed by atoms with van der Waals surface area (Å²) in [5, 5.41) is 18.6. The fraction of sp³-hybridized carbons (Fsp3) is 0.500. The molecule has 0 bridgehead atoms. The first-order valence-corrected chi connectivity index (χ1v) is 10.4. The van der Waals surface area contributed by atoms with E-state index in [0.717, 1.165) is 38.5 Å². The second-order valence-electron chi connectivity index (χ2n) is 7.77. The van der Waals surface area contributed by atoms with Crippen molar-refractivity contribution in [3.8, 4) is 0 Å². The minimum absolute atomic E-state index is 0.143. The van der Waals surface area contributed by atoms with Gasteiger partial charge in [0, 0.05) is 0 Å². The predicted molar refractivity (Wildman–Crippen MR) is 110 cm³/mol. The summed E-state index contributed by atoms with van der Waals surface area (Å²) in [5.74, 6) is 0. The van der Waals surface area contributed by atoms with Gasteiger partial charge in [-0.2, -0.15) is 0 Å². The molecule has 152 valence electrons. The van der Waals surface area contributed by atoms with Gasteiger partial charge < -0.3 is 19.7 Å². The van der Waals surface area contributed by atoms with Crippen LogP contribution in [-0.4, -0.2) is 34.6 Å². The molecule has 2 fully saturated rings. The molecule has 4 rings (SSSR count). The third-order valence-electron chi connectivity index (χ3n) is 5.37. The lowest BCUT2D eigenvalue weighted by Gasteiger charge is -2.10. The van der Waals surface area contributed by atoms with E-state index < -0.39 is 0 Å². The van der Waals surface area contributed by atoms with Crippen molar-refractivity contribution >= 4 is 0 Å². The molecule has 4 heteroatoms. The van der Waals surface area contributed by atoms with Gasteiger partial charge in [0.25, 0.3) is 0 Å². The third kappa shape index (κ3) is 7.36. The normalized spacial score (nSPS) is 26.6. The van der Waals surface area contributed by atoms with Crippen LogP contribution in [0.4, 0.5) is 0 Å². The highest BCUT2D eigenvalue weighted by Crippen LogP contribution is 2.23. The van der Waals surface area contributed by atoms with Crippen molar-refractivity contribution in [3.63, 3.8) is 0 Å². The number of rotatable bonds is 6. The van der Waals surface area contributed by atoms with Crippen molar-refractivity contribution in [3.05, 3.63) is 71.8 Å². The molecule has 4 nitrogen and oxygen atoms in total. The zero-order chi connectivity index (χ0) is 19.6. The standard InChI is InChI=1S/2C12H16O2/c2*13-11-6-7-12(8-11)14-9-10-4-2-1-3-5-10/h2*1-5,11-13H,6-9H2/t2*11-,12-/m10/s1. The van der Waals surface area contributed by atoms with Gasteiger partial charge >= 0.3 is 0 Å². The smallest absolute Gasteiger partial charge is 0.0720 e. The van der Waals surface area contributed by atoms with Crippen LogP contribution in [-0.2, 0) is 22.7 Å². The molecule has 0 amide bonds. The Bertz CT molecular complexity index is 601. The molecule has 2 aromatic carbocycles. The minimum Gasteiger partial charge on any atom is -0.393 e. The Morgan fingerprint density at radius 2 is 1.00 bits per heavy atom. The fourth-order valence-corrected chi connectivity index (χ4v) is 3.71. The number of aliphatic hydroxyl groups is 2. The van der Waals surface area contributed by atoms with Gasteiger partial charge in [0.15, 0.2) is 0 Å². The van der Waals surface area contributed by atoms with Crippen LogP contribution in [0.5, 0.6) is 0 Å². The predicted octanol–water partition coefficient (Wildman–Crippen LogP) is 4.23. The van der Waals surface area contributed by atoms with E-state index in [9.17, 15) is 10.2 Å². The van der Waals surface area contributed by atoms with Crippen LogP contribution in [0.1, 0.15) is 49.7 Å². The highest BCUT2D eigenvalue weighted by atomic mass is 16.5. The van der Waals surface area contributed by atoms with Crippen molar-refractivity contribution in [1.82, 2.24) is 0 Å². The molecule has 2 N–H and O–H groups in total. The van der Waals surface area contributed by atoms with Gasteiger partial charge in [-0.15, -0.1) is 0 Å². The molecule has 28 heavy (non-hydrogen) atoms. The molecule has 0 aromatic heterocycles. The first-order valence-electron chi connectivity index (χ1n) is 10.4. The molecular weight excluding hydrogens is 352 g/mol. The van der Waals surface area contributed by atoms with E-state index in [-0.39, 0.29) is 24.4 Å². The lowest BCUT2D eigenvalue weighted by atomic mass is 10.2. The molecule has 0 saturated heterocycles. The maximum Gasteiger partial charge on any atom is 0.0720 e. The van der Waals surface area contributed by atoms with Gasteiger partial charge in [-0.05, 0) is 49.7 Å². The largest absolute Gasteiger partial charge is 0.393 e. The second-order valence-corrected chi connectivity index (χ2v) is 7.77. The topological polar surface area (TPSA) is 58.9 Å². The molecule has 2 saturated carbocycles. The molecule has 2 aromatic rings. The van der Waals surface area contributed by atoms with Crippen molar-refractivity contribution in [2.24, 2.45) is 0 Å². The number of hydrogen-bond donors (Lipinski definition) is 2. The molecule has 0 radical (unpaired) electrons. The van der Waals surface area contributed by atoms with Crippen LogP contribution in [0.2, 0.25) is 0 Å². The van der Waals surface area contributed by atoms with Gasteiger partial charge in [-0.1, -0.05) is 60.7 Å². The summed E-state index contributed by atoms with van der Waals surface area (Å²) < 4.78 is 11.4. The average molecular weight is 385 g/mol. The van der Waals surface area contributed by atoms with E-state index in [0.29, 0.717) is 13.2 Å². The summed E-state index contributed by atoms with van der Waals surface area (Å²) in [4.78, 5) is 0. The lowest BCUT2D eigenvalue weighted by molar-refractivity contribution is 0.0355. The molecule has 0 unspecified atom stereocenters. The maximum absolute atomic E-state index is 9.32. The first kappa shape index (κ1) is 21.0. The quantitative estimate of drug-likeness (QED) is 0.782. The Labute approximate surface area is 168 Å². The molecule has 4 atom stereocenters. The van der Waals surface area contributed by atoms with Crippen LogP contribution in [0, 0.1) is 0 Å². The number of hydrogen-bond acceptors (Lipinski definition) is 4. The Morgan fingerprint density at radius 1 is 0.607 bits per heavy atom. The van der Waals surface area contributed by atoms with Crippen LogP contribution in [0.3, 0.4) is 0 Å². The number of ether oxygens (including phenoxy) is 2. The van der Waals surface area contributed by atoms with E-state index in [1.807, 2.05) is 36.4 Å². The Kier molecular flexibility index (Phi) is 8.49. The zero-order valence-corrected chi connectivity index (χ0v) is 16.5. The molecule has 2 aliphatic rings. The van der Waals surface area contributed by atoms with Crippen LogP contribution in [0.25, 0.3) is 0 Å². The molecular formula is C24H32O4. The molecule has 0 heterocycles. The van der Waals surface area contributed by atoms with Crippen molar-refractivity contribution in [2.45, 2.75) is 76.2 Å². The molecule has 0 aliphatic heterocycles. The van der Waals surface area contributed by atoms with Crippen molar-refractivity contribution < 1.29 is 19.7 Å². The zero-order valence-electron chi connectivity index (χ0n) is 16.5.